The van der Waals surface area contributed by atoms with Crippen LogP contribution in [0.5, 0.6) is 0 Å². The molecule has 6 atom stereocenters. The number of nitrogens with one attached hydrogen (secondary N) is 2. The molecule has 0 spiro atoms. The van der Waals surface area contributed by atoms with Crippen molar-refractivity contribution in [3.05, 3.63) is 35.9 Å². The van der Waals surface area contributed by atoms with Gasteiger partial charge in [0.1, 0.15) is 6.10 Å². The van der Waals surface area contributed by atoms with Crippen LogP contribution in [0, 0.1) is 5.92 Å². The lowest BCUT2D eigenvalue weighted by atomic mass is 10.0. The number of aromatic nitrogens is 5. The van der Waals surface area contributed by atoms with E-state index in [0.717, 1.165) is 18.6 Å². The minimum atomic E-state index is -1.26. The Morgan fingerprint density at radius 1 is 1.17 bits per heavy atom. The third-order valence-electron chi connectivity index (χ3n) is 6.79. The summed E-state index contributed by atoms with van der Waals surface area (Å²) < 4.78 is 1.51. The van der Waals surface area contributed by atoms with Gasteiger partial charge < -0.3 is 26.0 Å². The molecule has 5 rings (SSSR count). The van der Waals surface area contributed by atoms with Crippen molar-refractivity contribution in [1.29, 1.82) is 0 Å². The van der Waals surface area contributed by atoms with Gasteiger partial charge in [-0.1, -0.05) is 54.2 Å². The molecule has 11 nitrogen and oxygen atoms in total. The lowest BCUT2D eigenvalue weighted by Crippen LogP contribution is -2.39. The summed E-state index contributed by atoms with van der Waals surface area (Å²) in [7, 11) is 0. The molecule has 0 bridgehead atoms. The first kappa shape index (κ1) is 24.9. The van der Waals surface area contributed by atoms with Gasteiger partial charge in [-0.3, -0.25) is 4.79 Å². The first-order chi connectivity index (χ1) is 17.5. The predicted octanol–water partition coefficient (Wildman–Crippen LogP) is 1.08. The number of amides is 1. The normalized spacial score (nSPS) is 27.3. The number of fused-ring (bicyclic) bond motifs is 1. The zero-order valence-corrected chi connectivity index (χ0v) is 20.8. The van der Waals surface area contributed by atoms with E-state index >= 15 is 0 Å². The maximum atomic E-state index is 12.5. The molecular formula is C24H31N7O4S. The summed E-state index contributed by atoms with van der Waals surface area (Å²) in [6.07, 6.45) is -0.369. The Hall–Kier alpha value is -2.80. The SMILES string of the molecule is CCCSc1nc(NC2CC2c2ccccc2)c2nnn([C@H]3C[C@@H](C(=O)NCCO)[C@H](O)[C@@H]3O)c2n1. The van der Waals surface area contributed by atoms with E-state index in [2.05, 4.69) is 45.0 Å². The molecule has 36 heavy (non-hydrogen) atoms. The maximum absolute atomic E-state index is 12.5. The van der Waals surface area contributed by atoms with E-state index in [9.17, 15) is 15.0 Å². The van der Waals surface area contributed by atoms with E-state index in [0.29, 0.717) is 28.1 Å². The number of rotatable bonds is 10. The van der Waals surface area contributed by atoms with Crippen molar-refractivity contribution in [3.8, 4) is 0 Å². The van der Waals surface area contributed by atoms with Crippen molar-refractivity contribution in [3.63, 3.8) is 0 Å². The molecule has 2 aromatic heterocycles. The fourth-order valence-corrected chi connectivity index (χ4v) is 5.51. The van der Waals surface area contributed by atoms with Crippen molar-refractivity contribution >= 4 is 34.7 Å². The van der Waals surface area contributed by atoms with Gasteiger partial charge in [-0.05, 0) is 24.8 Å². The average molecular weight is 514 g/mol. The maximum Gasteiger partial charge on any atom is 0.225 e. The second kappa shape index (κ2) is 10.7. The molecule has 12 heteroatoms. The molecule has 5 N–H and O–H groups in total. The lowest BCUT2D eigenvalue weighted by Gasteiger charge is -2.17. The smallest absolute Gasteiger partial charge is 0.225 e. The molecule has 2 aliphatic rings. The molecule has 192 valence electrons. The van der Waals surface area contributed by atoms with Crippen LogP contribution >= 0.6 is 11.8 Å². The summed E-state index contributed by atoms with van der Waals surface area (Å²) in [5.41, 5.74) is 2.22. The number of carbonyl (C=O) groups excluding carboxylic acids is 1. The van der Waals surface area contributed by atoms with E-state index in [1.165, 1.54) is 22.0 Å². The number of nitrogens with zero attached hydrogens (tertiary/aromatic N) is 5. The van der Waals surface area contributed by atoms with Gasteiger partial charge in [-0.2, -0.15) is 0 Å². The van der Waals surface area contributed by atoms with Crippen LogP contribution in [-0.2, 0) is 4.79 Å². The third-order valence-corrected chi connectivity index (χ3v) is 7.85. The highest BCUT2D eigenvalue weighted by molar-refractivity contribution is 7.99. The average Bonchev–Trinajstić information content (AvgIpc) is 3.44. The molecule has 2 fully saturated rings. The third kappa shape index (κ3) is 4.90. The van der Waals surface area contributed by atoms with E-state index in [4.69, 9.17) is 10.1 Å². The molecule has 2 saturated carbocycles. The highest BCUT2D eigenvalue weighted by atomic mass is 32.2. The fraction of sp³-hybridized carbons (Fsp3) is 0.542. The number of carbonyl (C=O) groups is 1. The van der Waals surface area contributed by atoms with Gasteiger partial charge in [0.2, 0.25) is 5.91 Å². The Balaban J connectivity index is 1.43. The molecule has 1 amide bonds. The largest absolute Gasteiger partial charge is 0.395 e. The standard InChI is InChI=1S/C24H31N7O4S/c1-2-10-36-24-27-21(26-16-11-14(16)13-6-4-3-5-7-13)18-22(28-24)31(30-29-18)17-12-15(19(33)20(17)34)23(35)25-8-9-32/h3-7,14-17,19-20,32-34H,2,8-12H2,1H3,(H,25,35)(H,26,27,28)/t14?,15-,16?,17+,19+,20-/m1/s1. The second-order valence-electron chi connectivity index (χ2n) is 9.32. The summed E-state index contributed by atoms with van der Waals surface area (Å²) in [5, 5.41) is 45.6. The number of aliphatic hydroxyl groups excluding tert-OH is 3. The van der Waals surface area contributed by atoms with Crippen LogP contribution in [-0.4, -0.2) is 83.3 Å². The first-order valence-electron chi connectivity index (χ1n) is 12.3. The molecule has 3 aromatic rings. The highest BCUT2D eigenvalue weighted by Crippen LogP contribution is 2.43. The summed E-state index contributed by atoms with van der Waals surface area (Å²) >= 11 is 1.53. The van der Waals surface area contributed by atoms with Crippen LogP contribution < -0.4 is 10.6 Å². The van der Waals surface area contributed by atoms with Crippen LogP contribution in [0.3, 0.4) is 0 Å². The van der Waals surface area contributed by atoms with Crippen molar-refractivity contribution in [2.45, 2.75) is 61.6 Å². The van der Waals surface area contributed by atoms with Crippen LogP contribution in [0.15, 0.2) is 35.5 Å². The van der Waals surface area contributed by atoms with E-state index in [-0.39, 0.29) is 25.6 Å². The minimum absolute atomic E-state index is 0.0838. The van der Waals surface area contributed by atoms with Gasteiger partial charge in [0.05, 0.1) is 24.7 Å². The van der Waals surface area contributed by atoms with Crippen LogP contribution in [0.1, 0.15) is 43.7 Å². The van der Waals surface area contributed by atoms with Crippen molar-refractivity contribution in [2.24, 2.45) is 5.92 Å². The highest BCUT2D eigenvalue weighted by Gasteiger charge is 2.47. The van der Waals surface area contributed by atoms with E-state index in [1.807, 2.05) is 18.2 Å². The molecule has 2 aliphatic carbocycles. The van der Waals surface area contributed by atoms with Gasteiger partial charge in [0, 0.05) is 24.3 Å². The summed E-state index contributed by atoms with van der Waals surface area (Å²) in [4.78, 5) is 21.9. The first-order valence-corrected chi connectivity index (χ1v) is 13.3. The van der Waals surface area contributed by atoms with Gasteiger partial charge in [-0.15, -0.1) is 5.10 Å². The number of aliphatic hydroxyl groups is 3. The molecule has 0 aliphatic heterocycles. The van der Waals surface area contributed by atoms with Crippen LogP contribution in [0.25, 0.3) is 11.2 Å². The molecular weight excluding hydrogens is 482 g/mol. The second-order valence-corrected chi connectivity index (χ2v) is 10.4. The van der Waals surface area contributed by atoms with Gasteiger partial charge >= 0.3 is 0 Å². The Morgan fingerprint density at radius 2 is 1.97 bits per heavy atom. The Bertz CT molecular complexity index is 1210. The van der Waals surface area contributed by atoms with Crippen molar-refractivity contribution < 1.29 is 20.1 Å². The van der Waals surface area contributed by atoms with Gasteiger partial charge in [0.25, 0.3) is 0 Å². The lowest BCUT2D eigenvalue weighted by molar-refractivity contribution is -0.129. The summed E-state index contributed by atoms with van der Waals surface area (Å²) in [5.74, 6) is 0.587. The van der Waals surface area contributed by atoms with Crippen LogP contribution in [0.4, 0.5) is 5.82 Å². The number of hydrogen-bond donors (Lipinski definition) is 5. The van der Waals surface area contributed by atoms with E-state index in [1.54, 1.807) is 0 Å². The van der Waals surface area contributed by atoms with Crippen molar-refractivity contribution in [2.75, 3.05) is 24.2 Å². The zero-order valence-electron chi connectivity index (χ0n) is 20.0. The fourth-order valence-electron chi connectivity index (χ4n) is 4.81. The van der Waals surface area contributed by atoms with Gasteiger partial charge in [0.15, 0.2) is 22.1 Å². The zero-order chi connectivity index (χ0) is 25.2. The molecule has 2 unspecified atom stereocenters. The Kier molecular flexibility index (Phi) is 7.37. The monoisotopic (exact) mass is 513 g/mol. The Labute approximate surface area is 212 Å². The number of benzene rings is 1. The van der Waals surface area contributed by atoms with Crippen LogP contribution in [0.2, 0.25) is 0 Å². The van der Waals surface area contributed by atoms with Crippen molar-refractivity contribution in [1.82, 2.24) is 30.3 Å². The number of hydrogen-bond acceptors (Lipinski definition) is 10. The van der Waals surface area contributed by atoms with Gasteiger partial charge in [-0.25, -0.2) is 14.6 Å². The summed E-state index contributed by atoms with van der Waals surface area (Å²) in [6.45, 7) is 1.97. The molecule has 1 aromatic carbocycles. The topological polar surface area (TPSA) is 158 Å². The summed E-state index contributed by atoms with van der Waals surface area (Å²) in [6, 6.07) is 9.88. The number of thioether (sulfide) groups is 1. The molecule has 0 saturated heterocycles. The molecule has 2 heterocycles. The van der Waals surface area contributed by atoms with E-state index < -0.39 is 30.1 Å². The minimum Gasteiger partial charge on any atom is -0.395 e. The predicted molar refractivity (Wildman–Crippen MR) is 135 cm³/mol. The molecule has 0 radical (unpaired) electrons. The number of anilines is 1. The quantitative estimate of drug-likeness (QED) is 0.196. The Morgan fingerprint density at radius 3 is 2.72 bits per heavy atom.